The summed E-state index contributed by atoms with van der Waals surface area (Å²) in [7, 11) is 0. The Labute approximate surface area is 157 Å². The number of hydrogen-bond acceptors (Lipinski definition) is 5. The zero-order chi connectivity index (χ0) is 18.5. The van der Waals surface area contributed by atoms with E-state index in [1.54, 1.807) is 0 Å². The van der Waals surface area contributed by atoms with Crippen LogP contribution in [0.1, 0.15) is 46.6 Å². The zero-order valence-electron chi connectivity index (χ0n) is 15.0. The molecule has 7 nitrogen and oxygen atoms in total. The lowest BCUT2D eigenvalue weighted by Gasteiger charge is -2.07. The van der Waals surface area contributed by atoms with Crippen molar-refractivity contribution in [2.45, 2.75) is 38.6 Å². The summed E-state index contributed by atoms with van der Waals surface area (Å²) in [5.41, 5.74) is 4.75. The van der Waals surface area contributed by atoms with Gasteiger partial charge >= 0.3 is 0 Å². The molecular formula is C20H22N6O. The molecule has 27 heavy (non-hydrogen) atoms. The minimum atomic E-state index is -0.202. The number of rotatable bonds is 5. The number of carbonyl (C=O) groups is 1. The first-order valence-corrected chi connectivity index (χ1v) is 9.27. The molecule has 1 aliphatic rings. The second-order valence-electron chi connectivity index (χ2n) is 6.66. The number of para-hydroxylation sites is 1. The molecule has 1 aromatic carbocycles. The van der Waals surface area contributed by atoms with E-state index < -0.39 is 0 Å². The normalized spacial score (nSPS) is 13.5. The van der Waals surface area contributed by atoms with E-state index in [1.165, 1.54) is 42.9 Å². The molecule has 0 radical (unpaired) electrons. The van der Waals surface area contributed by atoms with E-state index in [-0.39, 0.29) is 5.91 Å². The number of H-pyrrole nitrogens is 1. The Balaban J connectivity index is 1.37. The minimum Gasteiger partial charge on any atom is -0.346 e. The second kappa shape index (κ2) is 7.99. The standard InChI is InChI=1S/C20H22N6O/c27-19(21-13-18-16-9-5-2-6-10-17(16)25-26-18)14-11-22-20(23-12-14)24-15-7-3-1-4-8-15/h1,3-4,7-8,11-12H,2,5-6,9-10,13H2,(H,21,27)(H,25,26)(H,22,23,24). The number of aryl methyl sites for hydroxylation is 1. The Hall–Kier alpha value is -3.22. The van der Waals surface area contributed by atoms with Gasteiger partial charge in [-0.3, -0.25) is 9.89 Å². The van der Waals surface area contributed by atoms with Gasteiger partial charge in [0, 0.05) is 23.8 Å². The van der Waals surface area contributed by atoms with Gasteiger partial charge in [0.15, 0.2) is 0 Å². The van der Waals surface area contributed by atoms with Gasteiger partial charge in [-0.2, -0.15) is 5.10 Å². The molecular weight excluding hydrogens is 340 g/mol. The summed E-state index contributed by atoms with van der Waals surface area (Å²) < 4.78 is 0. The maximum atomic E-state index is 12.4. The smallest absolute Gasteiger partial charge is 0.254 e. The monoisotopic (exact) mass is 362 g/mol. The van der Waals surface area contributed by atoms with Crippen molar-refractivity contribution in [3.63, 3.8) is 0 Å². The molecule has 2 heterocycles. The summed E-state index contributed by atoms with van der Waals surface area (Å²) in [6.45, 7) is 0.411. The molecule has 4 rings (SSSR count). The minimum absolute atomic E-state index is 0.202. The van der Waals surface area contributed by atoms with Gasteiger partial charge in [0.2, 0.25) is 5.95 Å². The van der Waals surface area contributed by atoms with Crippen molar-refractivity contribution < 1.29 is 4.79 Å². The Morgan fingerprint density at radius 3 is 2.63 bits per heavy atom. The number of benzene rings is 1. The van der Waals surface area contributed by atoms with Crippen LogP contribution in [0.5, 0.6) is 0 Å². The third-order valence-electron chi connectivity index (χ3n) is 4.75. The van der Waals surface area contributed by atoms with Crippen LogP contribution in [0.25, 0.3) is 0 Å². The average molecular weight is 362 g/mol. The fourth-order valence-electron chi connectivity index (χ4n) is 3.30. The number of carbonyl (C=O) groups excluding carboxylic acids is 1. The summed E-state index contributed by atoms with van der Waals surface area (Å²) in [5, 5.41) is 13.5. The van der Waals surface area contributed by atoms with E-state index >= 15 is 0 Å². The Morgan fingerprint density at radius 2 is 1.81 bits per heavy atom. The summed E-state index contributed by atoms with van der Waals surface area (Å²) in [6.07, 6.45) is 8.74. The molecule has 3 N–H and O–H groups in total. The van der Waals surface area contributed by atoms with E-state index in [0.717, 1.165) is 24.2 Å². The van der Waals surface area contributed by atoms with E-state index in [9.17, 15) is 4.79 Å². The lowest BCUT2D eigenvalue weighted by molar-refractivity contribution is 0.0949. The molecule has 138 valence electrons. The van der Waals surface area contributed by atoms with Gasteiger partial charge in [-0.15, -0.1) is 0 Å². The maximum absolute atomic E-state index is 12.4. The van der Waals surface area contributed by atoms with Crippen LogP contribution in [-0.4, -0.2) is 26.1 Å². The summed E-state index contributed by atoms with van der Waals surface area (Å²) in [5.74, 6) is 0.252. The number of hydrogen-bond donors (Lipinski definition) is 3. The highest BCUT2D eigenvalue weighted by Gasteiger charge is 2.16. The number of amides is 1. The molecule has 0 saturated carbocycles. The number of nitrogens with zero attached hydrogens (tertiary/aromatic N) is 3. The van der Waals surface area contributed by atoms with E-state index in [2.05, 4.69) is 30.8 Å². The van der Waals surface area contributed by atoms with Crippen molar-refractivity contribution in [2.75, 3.05) is 5.32 Å². The fourth-order valence-corrected chi connectivity index (χ4v) is 3.30. The molecule has 7 heteroatoms. The highest BCUT2D eigenvalue weighted by Crippen LogP contribution is 2.21. The number of anilines is 2. The Morgan fingerprint density at radius 1 is 1.04 bits per heavy atom. The third kappa shape index (κ3) is 4.13. The lowest BCUT2D eigenvalue weighted by Crippen LogP contribution is -2.24. The van der Waals surface area contributed by atoms with Crippen LogP contribution in [0.2, 0.25) is 0 Å². The van der Waals surface area contributed by atoms with Crippen molar-refractivity contribution >= 4 is 17.5 Å². The van der Waals surface area contributed by atoms with Gasteiger partial charge < -0.3 is 10.6 Å². The molecule has 0 spiro atoms. The van der Waals surface area contributed by atoms with Crippen molar-refractivity contribution in [2.24, 2.45) is 0 Å². The fraction of sp³-hybridized carbons (Fsp3) is 0.300. The second-order valence-corrected chi connectivity index (χ2v) is 6.66. The first-order valence-electron chi connectivity index (χ1n) is 9.27. The number of fused-ring (bicyclic) bond motifs is 1. The summed E-state index contributed by atoms with van der Waals surface area (Å²) in [4.78, 5) is 20.8. The zero-order valence-corrected chi connectivity index (χ0v) is 15.0. The van der Waals surface area contributed by atoms with Gasteiger partial charge in [-0.1, -0.05) is 24.6 Å². The number of aromatic nitrogens is 4. The summed E-state index contributed by atoms with van der Waals surface area (Å²) >= 11 is 0. The van der Waals surface area contributed by atoms with Crippen LogP contribution in [0.4, 0.5) is 11.6 Å². The number of nitrogens with one attached hydrogen (secondary N) is 3. The van der Waals surface area contributed by atoms with Crippen molar-refractivity contribution in [1.29, 1.82) is 0 Å². The van der Waals surface area contributed by atoms with Crippen LogP contribution in [0, 0.1) is 0 Å². The first-order chi connectivity index (χ1) is 13.3. The molecule has 0 atom stereocenters. The van der Waals surface area contributed by atoms with Crippen molar-refractivity contribution in [1.82, 2.24) is 25.5 Å². The van der Waals surface area contributed by atoms with Gasteiger partial charge in [-0.25, -0.2) is 9.97 Å². The van der Waals surface area contributed by atoms with Crippen LogP contribution < -0.4 is 10.6 Å². The van der Waals surface area contributed by atoms with Gasteiger partial charge in [0.25, 0.3) is 5.91 Å². The first kappa shape index (κ1) is 17.2. The number of aromatic amines is 1. The molecule has 3 aromatic rings. The quantitative estimate of drug-likeness (QED) is 0.606. The Bertz CT molecular complexity index is 904. The van der Waals surface area contributed by atoms with E-state index in [4.69, 9.17) is 0 Å². The molecule has 0 fully saturated rings. The highest BCUT2D eigenvalue weighted by molar-refractivity contribution is 5.93. The highest BCUT2D eigenvalue weighted by atomic mass is 16.1. The van der Waals surface area contributed by atoms with Crippen LogP contribution in [0.3, 0.4) is 0 Å². The average Bonchev–Trinajstić information content (AvgIpc) is 2.93. The molecule has 1 amide bonds. The van der Waals surface area contributed by atoms with Crippen LogP contribution in [0.15, 0.2) is 42.7 Å². The van der Waals surface area contributed by atoms with E-state index in [0.29, 0.717) is 18.1 Å². The van der Waals surface area contributed by atoms with Crippen LogP contribution >= 0.6 is 0 Å². The van der Waals surface area contributed by atoms with Crippen molar-refractivity contribution in [3.8, 4) is 0 Å². The lowest BCUT2D eigenvalue weighted by atomic mass is 10.1. The predicted octanol–water partition coefficient (Wildman–Crippen LogP) is 3.14. The molecule has 2 aromatic heterocycles. The van der Waals surface area contributed by atoms with Gasteiger partial charge in [-0.05, 0) is 43.4 Å². The van der Waals surface area contributed by atoms with Crippen molar-refractivity contribution in [3.05, 3.63) is 65.2 Å². The largest absolute Gasteiger partial charge is 0.346 e. The SMILES string of the molecule is O=C(NCc1n[nH]c2c1CCCCC2)c1cnc(Nc2ccccc2)nc1. The predicted molar refractivity (Wildman–Crippen MR) is 103 cm³/mol. The van der Waals surface area contributed by atoms with Crippen LogP contribution in [-0.2, 0) is 19.4 Å². The van der Waals surface area contributed by atoms with E-state index in [1.807, 2.05) is 30.3 Å². The Kier molecular flexibility index (Phi) is 5.09. The van der Waals surface area contributed by atoms with Gasteiger partial charge in [0.05, 0.1) is 17.8 Å². The third-order valence-corrected chi connectivity index (χ3v) is 4.75. The van der Waals surface area contributed by atoms with Gasteiger partial charge in [0.1, 0.15) is 0 Å². The topological polar surface area (TPSA) is 95.6 Å². The molecule has 0 saturated heterocycles. The molecule has 0 unspecified atom stereocenters. The molecule has 0 aliphatic heterocycles. The summed E-state index contributed by atoms with van der Waals surface area (Å²) in [6, 6.07) is 9.66. The maximum Gasteiger partial charge on any atom is 0.254 e. The molecule has 1 aliphatic carbocycles. The molecule has 0 bridgehead atoms.